The average Bonchev–Trinajstić information content (AvgIpc) is 2.19. The van der Waals surface area contributed by atoms with Crippen LogP contribution >= 0.6 is 0 Å². The zero-order valence-corrected chi connectivity index (χ0v) is 16.0. The Morgan fingerprint density at radius 2 is 0.857 bits per heavy atom. The molecule has 0 atom stereocenters. The number of quaternary nitrogens is 1. The Kier molecular flexibility index (Phi) is 138. The molecule has 0 aliphatic heterocycles. The molecule has 0 unspecified atom stereocenters. The number of carbonyl (C=O) groups is 3. The van der Waals surface area contributed by atoms with E-state index in [4.69, 9.17) is 19.8 Å². The number of hydrogen-bond acceptors (Lipinski definition) is 8. The third-order valence-corrected chi connectivity index (χ3v) is 0.537. The van der Waals surface area contributed by atoms with Gasteiger partial charge in [-0.2, -0.15) is 0 Å². The summed E-state index contributed by atoms with van der Waals surface area (Å²) in [6, 6.07) is 0. The van der Waals surface area contributed by atoms with E-state index in [1.165, 1.54) is 0 Å². The Morgan fingerprint density at radius 1 is 0.762 bits per heavy atom. The Bertz CT molecular complexity index is 183. The molecule has 0 amide bonds. The SMILES string of the molecule is NCC(=O)[O-].NCC(=O)[O-].[Mo].[Mo].[NH3+]CC(=O)[O-].[O-2].[O-2].[S-2].[S-2]. The van der Waals surface area contributed by atoms with Crippen LogP contribution in [0.25, 0.3) is 0 Å². The van der Waals surface area contributed by atoms with Crippen LogP contribution in [0.2, 0.25) is 0 Å². The van der Waals surface area contributed by atoms with Gasteiger partial charge in [0, 0.05) is 55.2 Å². The number of carboxylic acids is 3. The first-order valence-corrected chi connectivity index (χ1v) is 3.60. The summed E-state index contributed by atoms with van der Waals surface area (Å²) in [6.45, 7) is -0.917. The van der Waals surface area contributed by atoms with Crippen molar-refractivity contribution in [2.24, 2.45) is 11.5 Å². The van der Waals surface area contributed by atoms with Gasteiger partial charge in [0.1, 0.15) is 6.54 Å². The van der Waals surface area contributed by atoms with E-state index in [1.54, 1.807) is 0 Å². The summed E-state index contributed by atoms with van der Waals surface area (Å²) in [5.74, 6) is -3.54. The largest absolute Gasteiger partial charge is 2.00 e. The van der Waals surface area contributed by atoms with Crippen molar-refractivity contribution >= 4 is 44.9 Å². The third kappa shape index (κ3) is 172. The Hall–Kier alpha value is 0.287. The van der Waals surface area contributed by atoms with Crippen molar-refractivity contribution in [2.75, 3.05) is 19.6 Å². The summed E-state index contributed by atoms with van der Waals surface area (Å²) >= 11 is 0. The average molecular weight is 511 g/mol. The monoisotopic (exact) mass is 515 g/mol. The van der Waals surface area contributed by atoms with E-state index in [9.17, 15) is 9.90 Å². The van der Waals surface area contributed by atoms with Gasteiger partial charge in [-0.25, -0.2) is 0 Å². The fourth-order valence-corrected chi connectivity index (χ4v) is 0. The molecule has 0 spiro atoms. The predicted molar refractivity (Wildman–Crippen MR) is 57.0 cm³/mol. The fourth-order valence-electron chi connectivity index (χ4n) is 0. The van der Waals surface area contributed by atoms with Crippen molar-refractivity contribution in [3.05, 3.63) is 0 Å². The van der Waals surface area contributed by atoms with Crippen LogP contribution in [-0.4, -0.2) is 37.5 Å². The summed E-state index contributed by atoms with van der Waals surface area (Å²) < 4.78 is 0. The molecule has 0 rings (SSSR count). The summed E-state index contributed by atoms with van der Waals surface area (Å²) in [6.07, 6.45) is 0. The molecule has 0 radical (unpaired) electrons. The van der Waals surface area contributed by atoms with Crippen LogP contribution in [0.15, 0.2) is 0 Å². The van der Waals surface area contributed by atoms with Gasteiger partial charge >= 0.3 is 0 Å². The van der Waals surface area contributed by atoms with Gasteiger partial charge in [0.15, 0.2) is 0 Å². The molecular formula is C6H13Mo2N3O8S2-10. The number of nitrogens with two attached hydrogens (primary N) is 2. The van der Waals surface area contributed by atoms with Gasteiger partial charge in [0.25, 0.3) is 0 Å². The van der Waals surface area contributed by atoms with E-state index < -0.39 is 17.9 Å². The van der Waals surface area contributed by atoms with E-state index in [0.29, 0.717) is 0 Å². The number of carboxylic acid groups (broad SMARTS) is 3. The van der Waals surface area contributed by atoms with Gasteiger partial charge in [0.05, 0.1) is 17.9 Å². The third-order valence-electron chi connectivity index (χ3n) is 0.537. The Morgan fingerprint density at radius 3 is 0.857 bits per heavy atom. The molecule has 0 aromatic rings. The zero-order valence-electron chi connectivity index (χ0n) is 10.4. The quantitative estimate of drug-likeness (QED) is 0.306. The molecule has 0 saturated heterocycles. The molecule has 0 aliphatic rings. The van der Waals surface area contributed by atoms with Crippen molar-refractivity contribution in [1.82, 2.24) is 0 Å². The van der Waals surface area contributed by atoms with Gasteiger partial charge in [-0.05, 0) is 0 Å². The number of hydrogen-bond donors (Lipinski definition) is 3. The van der Waals surface area contributed by atoms with E-state index in [1.807, 2.05) is 0 Å². The number of carbonyl (C=O) groups excluding carboxylic acids is 3. The van der Waals surface area contributed by atoms with Crippen LogP contribution in [0.4, 0.5) is 0 Å². The maximum atomic E-state index is 9.19. The molecule has 134 valence electrons. The molecule has 0 aromatic heterocycles. The van der Waals surface area contributed by atoms with Gasteiger partial charge in [-0.3, -0.25) is 0 Å². The minimum absolute atomic E-state index is 0. The first kappa shape index (κ1) is 58.0. The van der Waals surface area contributed by atoms with Crippen molar-refractivity contribution in [2.45, 2.75) is 0 Å². The molecule has 0 heterocycles. The van der Waals surface area contributed by atoms with Gasteiger partial charge < -0.3 is 84.8 Å². The molecule has 7 N–H and O–H groups in total. The first-order valence-electron chi connectivity index (χ1n) is 3.60. The zero-order chi connectivity index (χ0) is 12.9. The minimum atomic E-state index is -1.22. The summed E-state index contributed by atoms with van der Waals surface area (Å²) in [5, 5.41) is 27.5. The summed E-state index contributed by atoms with van der Waals surface area (Å²) in [7, 11) is 0. The number of rotatable bonds is 3. The predicted octanol–water partition coefficient (Wildman–Crippen LogP) is -7.88. The van der Waals surface area contributed by atoms with Crippen LogP contribution in [0.5, 0.6) is 0 Å². The maximum absolute atomic E-state index is 9.19. The van der Waals surface area contributed by atoms with E-state index >= 15 is 0 Å². The van der Waals surface area contributed by atoms with Gasteiger partial charge in [-0.15, -0.1) is 0 Å². The van der Waals surface area contributed by atoms with E-state index in [0.717, 1.165) is 0 Å². The van der Waals surface area contributed by atoms with Crippen molar-refractivity contribution in [3.63, 3.8) is 0 Å². The molecule has 0 saturated carbocycles. The normalized spacial score (nSPS) is 5.29. The summed E-state index contributed by atoms with van der Waals surface area (Å²) in [4.78, 5) is 27.5. The van der Waals surface area contributed by atoms with Crippen molar-refractivity contribution in [1.29, 1.82) is 0 Å². The second-order valence-corrected chi connectivity index (χ2v) is 1.77. The smallest absolute Gasteiger partial charge is 0.114 e. The molecule has 15 heteroatoms. The van der Waals surface area contributed by atoms with Crippen LogP contribution in [0.1, 0.15) is 0 Å². The molecule has 21 heavy (non-hydrogen) atoms. The second-order valence-electron chi connectivity index (χ2n) is 1.77. The molecule has 0 fully saturated rings. The molecular weight excluding hydrogens is 498 g/mol. The Labute approximate surface area is 164 Å². The van der Waals surface area contributed by atoms with Crippen molar-refractivity contribution < 1.29 is 88.5 Å². The fraction of sp³-hybridized carbons (Fsp3) is 0.500. The minimum Gasteiger partial charge on any atom is -2.00 e. The van der Waals surface area contributed by atoms with Crippen LogP contribution < -0.4 is 32.5 Å². The first-order chi connectivity index (χ1) is 6.81. The van der Waals surface area contributed by atoms with E-state index in [-0.39, 0.29) is 99.7 Å². The molecule has 0 bridgehead atoms. The van der Waals surface area contributed by atoms with Crippen LogP contribution in [-0.2, 0) is 94.5 Å². The maximum Gasteiger partial charge on any atom is 0.114 e. The van der Waals surface area contributed by atoms with Crippen molar-refractivity contribution in [3.8, 4) is 0 Å². The van der Waals surface area contributed by atoms with Crippen LogP contribution in [0, 0.1) is 0 Å². The molecule has 0 aliphatic carbocycles. The van der Waals surface area contributed by atoms with Gasteiger partial charge in [0.2, 0.25) is 0 Å². The standard InChI is InChI=1S/3C2H5NO2.2Mo.2O.2S/c3*3-1-2(4)5;;;;;;/h3*1,3H2,(H,4,5);;;;;;/q;;;;;4*-2/p-2. The Balaban J connectivity index is -0.0000000129. The van der Waals surface area contributed by atoms with E-state index in [2.05, 4.69) is 17.2 Å². The topological polar surface area (TPSA) is 257 Å². The second kappa shape index (κ2) is 50.0. The molecule has 0 aromatic carbocycles. The van der Waals surface area contributed by atoms with Gasteiger partial charge in [-0.1, -0.05) is 0 Å². The molecule has 11 nitrogen and oxygen atoms in total. The van der Waals surface area contributed by atoms with Crippen LogP contribution in [0.3, 0.4) is 0 Å². The summed E-state index contributed by atoms with van der Waals surface area (Å²) in [5.41, 5.74) is 12.0. The number of aliphatic carboxylic acids is 3.